The molecule has 0 N–H and O–H groups in total. The molecule has 0 bridgehead atoms. The van der Waals surface area contributed by atoms with Crippen LogP contribution in [0.5, 0.6) is 0 Å². The SMILES string of the molecule is Cc1cc(C(=O)/C=C/c2ccc([N+](=O)[O-])cc2)c(C)o1. The molecule has 0 aliphatic heterocycles. The Morgan fingerprint density at radius 1 is 1.25 bits per heavy atom. The summed E-state index contributed by atoms with van der Waals surface area (Å²) in [5, 5.41) is 10.5. The molecule has 0 amide bonds. The molecule has 1 heterocycles. The Morgan fingerprint density at radius 2 is 1.90 bits per heavy atom. The van der Waals surface area contributed by atoms with Gasteiger partial charge in [0.1, 0.15) is 11.5 Å². The molecule has 102 valence electrons. The zero-order valence-corrected chi connectivity index (χ0v) is 11.1. The van der Waals surface area contributed by atoms with E-state index in [9.17, 15) is 14.9 Å². The Kier molecular flexibility index (Phi) is 3.79. The maximum atomic E-state index is 12.0. The Morgan fingerprint density at radius 3 is 2.40 bits per heavy atom. The molecule has 1 aromatic heterocycles. The number of carbonyl (C=O) groups excluding carboxylic acids is 1. The molecule has 5 heteroatoms. The Hall–Kier alpha value is -2.69. The highest BCUT2D eigenvalue weighted by molar-refractivity contribution is 6.07. The Labute approximate surface area is 115 Å². The fraction of sp³-hybridized carbons (Fsp3) is 0.133. The number of hydrogen-bond acceptors (Lipinski definition) is 4. The standard InChI is InChI=1S/C15H13NO4/c1-10-9-14(11(2)20-10)15(17)8-5-12-3-6-13(7-4-12)16(18)19/h3-9H,1-2H3/b8-5+. The molecule has 20 heavy (non-hydrogen) atoms. The van der Waals surface area contributed by atoms with Gasteiger partial charge in [0, 0.05) is 12.1 Å². The van der Waals surface area contributed by atoms with Gasteiger partial charge in [-0.2, -0.15) is 0 Å². The summed E-state index contributed by atoms with van der Waals surface area (Å²) in [6.45, 7) is 3.52. The van der Waals surface area contributed by atoms with Crippen molar-refractivity contribution < 1.29 is 14.1 Å². The highest BCUT2D eigenvalue weighted by atomic mass is 16.6. The number of benzene rings is 1. The summed E-state index contributed by atoms with van der Waals surface area (Å²) in [5.41, 5.74) is 1.28. The number of furan rings is 1. The first-order valence-corrected chi connectivity index (χ1v) is 6.01. The first-order valence-electron chi connectivity index (χ1n) is 6.01. The molecule has 0 fully saturated rings. The molecule has 0 saturated heterocycles. The Bertz CT molecular complexity index is 680. The largest absolute Gasteiger partial charge is 0.466 e. The van der Waals surface area contributed by atoms with Gasteiger partial charge in [-0.25, -0.2) is 0 Å². The number of nitro benzene ring substituents is 1. The van der Waals surface area contributed by atoms with Crippen LogP contribution in [0.15, 0.2) is 40.8 Å². The van der Waals surface area contributed by atoms with Crippen LogP contribution in [-0.4, -0.2) is 10.7 Å². The second kappa shape index (κ2) is 5.52. The lowest BCUT2D eigenvalue weighted by molar-refractivity contribution is -0.384. The summed E-state index contributed by atoms with van der Waals surface area (Å²) < 4.78 is 5.30. The molecule has 2 rings (SSSR count). The van der Waals surface area contributed by atoms with E-state index in [1.165, 1.54) is 18.2 Å². The normalized spacial score (nSPS) is 10.9. The number of nitrogens with zero attached hydrogens (tertiary/aromatic N) is 1. The summed E-state index contributed by atoms with van der Waals surface area (Å²) in [4.78, 5) is 22.0. The summed E-state index contributed by atoms with van der Waals surface area (Å²) >= 11 is 0. The van der Waals surface area contributed by atoms with Gasteiger partial charge in [0.2, 0.25) is 0 Å². The number of allylic oxidation sites excluding steroid dienone is 1. The molecule has 1 aromatic carbocycles. The number of aryl methyl sites for hydroxylation is 2. The van der Waals surface area contributed by atoms with E-state index >= 15 is 0 Å². The van der Waals surface area contributed by atoms with Gasteiger partial charge in [-0.1, -0.05) is 6.08 Å². The van der Waals surface area contributed by atoms with Gasteiger partial charge < -0.3 is 4.42 Å². The molecular formula is C15H13NO4. The minimum atomic E-state index is -0.462. The van der Waals surface area contributed by atoms with Gasteiger partial charge in [0.25, 0.3) is 5.69 Å². The average Bonchev–Trinajstić information content (AvgIpc) is 2.75. The zero-order chi connectivity index (χ0) is 14.7. The van der Waals surface area contributed by atoms with E-state index in [0.29, 0.717) is 17.1 Å². The fourth-order valence-electron chi connectivity index (χ4n) is 1.84. The number of hydrogen-bond donors (Lipinski definition) is 0. The van der Waals surface area contributed by atoms with Crippen molar-refractivity contribution in [3.05, 3.63) is 69.2 Å². The van der Waals surface area contributed by atoms with E-state index in [4.69, 9.17) is 4.42 Å². The predicted octanol–water partition coefficient (Wildman–Crippen LogP) is 3.70. The van der Waals surface area contributed by atoms with Crippen LogP contribution < -0.4 is 0 Å². The molecule has 0 aliphatic carbocycles. The van der Waals surface area contributed by atoms with E-state index in [-0.39, 0.29) is 11.5 Å². The number of ketones is 1. The summed E-state index contributed by atoms with van der Waals surface area (Å²) in [6.07, 6.45) is 3.05. The van der Waals surface area contributed by atoms with Gasteiger partial charge in [-0.05, 0) is 43.7 Å². The highest BCUT2D eigenvalue weighted by Gasteiger charge is 2.10. The molecule has 0 aliphatic rings. The second-order valence-corrected chi connectivity index (χ2v) is 4.37. The maximum Gasteiger partial charge on any atom is 0.269 e. The monoisotopic (exact) mass is 271 g/mol. The number of non-ortho nitro benzene ring substituents is 1. The third-order valence-electron chi connectivity index (χ3n) is 2.84. The highest BCUT2D eigenvalue weighted by Crippen LogP contribution is 2.16. The molecule has 5 nitrogen and oxygen atoms in total. The number of rotatable bonds is 4. The van der Waals surface area contributed by atoms with Crippen LogP contribution >= 0.6 is 0 Å². The molecule has 0 saturated carbocycles. The number of nitro groups is 1. The first kappa shape index (κ1) is 13.7. The van der Waals surface area contributed by atoms with Crippen molar-refractivity contribution in [3.63, 3.8) is 0 Å². The smallest absolute Gasteiger partial charge is 0.269 e. The van der Waals surface area contributed by atoms with Crippen molar-refractivity contribution in [1.82, 2.24) is 0 Å². The van der Waals surface area contributed by atoms with Gasteiger partial charge >= 0.3 is 0 Å². The lowest BCUT2D eigenvalue weighted by Gasteiger charge is -1.94. The molecule has 0 spiro atoms. The van der Waals surface area contributed by atoms with Gasteiger partial charge in [-0.15, -0.1) is 0 Å². The van der Waals surface area contributed by atoms with Crippen molar-refractivity contribution in [2.24, 2.45) is 0 Å². The lowest BCUT2D eigenvalue weighted by atomic mass is 10.1. The Balaban J connectivity index is 2.15. The molecular weight excluding hydrogens is 258 g/mol. The van der Waals surface area contributed by atoms with E-state index < -0.39 is 4.92 Å². The van der Waals surface area contributed by atoms with Gasteiger partial charge in [0.15, 0.2) is 5.78 Å². The first-order chi connectivity index (χ1) is 9.47. The van der Waals surface area contributed by atoms with Crippen molar-refractivity contribution >= 4 is 17.5 Å². The van der Waals surface area contributed by atoms with Crippen LogP contribution in [0.2, 0.25) is 0 Å². The van der Waals surface area contributed by atoms with Gasteiger partial charge in [-0.3, -0.25) is 14.9 Å². The van der Waals surface area contributed by atoms with Crippen molar-refractivity contribution in [1.29, 1.82) is 0 Å². The minimum Gasteiger partial charge on any atom is -0.466 e. The topological polar surface area (TPSA) is 73.3 Å². The predicted molar refractivity (Wildman–Crippen MR) is 74.6 cm³/mol. The van der Waals surface area contributed by atoms with E-state index in [2.05, 4.69) is 0 Å². The lowest BCUT2D eigenvalue weighted by Crippen LogP contribution is -1.93. The van der Waals surface area contributed by atoms with Crippen LogP contribution in [0, 0.1) is 24.0 Å². The number of carbonyl (C=O) groups is 1. The minimum absolute atomic E-state index is 0.0229. The second-order valence-electron chi connectivity index (χ2n) is 4.37. The van der Waals surface area contributed by atoms with E-state index in [1.807, 2.05) is 0 Å². The van der Waals surface area contributed by atoms with Crippen molar-refractivity contribution in [3.8, 4) is 0 Å². The van der Waals surface area contributed by atoms with E-state index in [0.717, 1.165) is 5.56 Å². The van der Waals surface area contributed by atoms with Gasteiger partial charge in [0.05, 0.1) is 10.5 Å². The van der Waals surface area contributed by atoms with Crippen LogP contribution in [-0.2, 0) is 0 Å². The molecule has 2 aromatic rings. The summed E-state index contributed by atoms with van der Waals surface area (Å²) in [7, 11) is 0. The van der Waals surface area contributed by atoms with Crippen LogP contribution in [0.3, 0.4) is 0 Å². The third kappa shape index (κ3) is 3.00. The summed E-state index contributed by atoms with van der Waals surface area (Å²) in [6, 6.07) is 7.68. The molecule has 0 atom stereocenters. The van der Waals surface area contributed by atoms with Crippen LogP contribution in [0.25, 0.3) is 6.08 Å². The van der Waals surface area contributed by atoms with Crippen LogP contribution in [0.1, 0.15) is 27.4 Å². The summed E-state index contributed by atoms with van der Waals surface area (Å²) in [5.74, 6) is 1.12. The van der Waals surface area contributed by atoms with Crippen molar-refractivity contribution in [2.75, 3.05) is 0 Å². The molecule has 0 radical (unpaired) electrons. The average molecular weight is 271 g/mol. The quantitative estimate of drug-likeness (QED) is 0.368. The van der Waals surface area contributed by atoms with Crippen molar-refractivity contribution in [2.45, 2.75) is 13.8 Å². The van der Waals surface area contributed by atoms with E-state index in [1.54, 1.807) is 38.1 Å². The third-order valence-corrected chi connectivity index (χ3v) is 2.84. The van der Waals surface area contributed by atoms with Crippen LogP contribution in [0.4, 0.5) is 5.69 Å². The zero-order valence-electron chi connectivity index (χ0n) is 11.1. The maximum absolute atomic E-state index is 12.0. The molecule has 0 unspecified atom stereocenters. The fourth-order valence-corrected chi connectivity index (χ4v) is 1.84.